The summed E-state index contributed by atoms with van der Waals surface area (Å²) in [6.07, 6.45) is 3.89. The molecule has 0 fully saturated rings. The molecule has 0 aromatic heterocycles. The van der Waals surface area contributed by atoms with Crippen LogP contribution in [0.1, 0.15) is 36.0 Å². The Bertz CT molecular complexity index is 414. The minimum absolute atomic E-state index is 0.0176. The number of ether oxygens (including phenoxy) is 1. The van der Waals surface area contributed by atoms with E-state index in [9.17, 15) is 4.79 Å². The highest BCUT2D eigenvalue weighted by atomic mass is 16.5. The van der Waals surface area contributed by atoms with E-state index in [1.54, 1.807) is 12.1 Å². The Morgan fingerprint density at radius 1 is 1.16 bits per heavy atom. The van der Waals surface area contributed by atoms with Gasteiger partial charge in [-0.1, -0.05) is 48.3 Å². The molecule has 19 heavy (non-hydrogen) atoms. The molecule has 5 heteroatoms. The minimum Gasteiger partial charge on any atom is -0.373 e. The van der Waals surface area contributed by atoms with E-state index in [1.807, 2.05) is 18.2 Å². The third-order valence-electron chi connectivity index (χ3n) is 2.69. The number of hydrogen-bond donors (Lipinski definition) is 0. The predicted octanol–water partition coefficient (Wildman–Crippen LogP) is 3.76. The molecule has 0 N–H and O–H groups in total. The lowest BCUT2D eigenvalue weighted by molar-refractivity contribution is 0.0752. The van der Waals surface area contributed by atoms with Crippen LogP contribution in [0.3, 0.4) is 0 Å². The zero-order valence-corrected chi connectivity index (χ0v) is 11.0. The molecule has 1 rings (SSSR count). The molecule has 0 spiro atoms. The smallest absolute Gasteiger partial charge is 0.188 e. The van der Waals surface area contributed by atoms with Crippen molar-refractivity contribution in [2.24, 2.45) is 5.11 Å². The number of carbonyl (C=O) groups is 1. The molecule has 0 heterocycles. The fourth-order valence-corrected chi connectivity index (χ4v) is 1.66. The van der Waals surface area contributed by atoms with Crippen molar-refractivity contribution < 1.29 is 9.53 Å². The van der Waals surface area contributed by atoms with E-state index < -0.39 is 0 Å². The number of carbonyl (C=O) groups excluding carboxylic acids is 1. The van der Waals surface area contributed by atoms with Gasteiger partial charge in [0.15, 0.2) is 5.78 Å². The van der Waals surface area contributed by atoms with Crippen LogP contribution in [0.15, 0.2) is 35.4 Å². The van der Waals surface area contributed by atoms with Crippen LogP contribution in [-0.4, -0.2) is 25.5 Å². The molecule has 5 nitrogen and oxygen atoms in total. The molecule has 1 aromatic carbocycles. The second-order valence-corrected chi connectivity index (χ2v) is 4.21. The molecule has 0 aliphatic carbocycles. The van der Waals surface area contributed by atoms with Crippen LogP contribution in [0.5, 0.6) is 0 Å². The molecule has 0 radical (unpaired) electrons. The first-order valence-electron chi connectivity index (χ1n) is 6.51. The van der Waals surface area contributed by atoms with Gasteiger partial charge in [-0.2, -0.15) is 0 Å². The third-order valence-corrected chi connectivity index (χ3v) is 2.69. The summed E-state index contributed by atoms with van der Waals surface area (Å²) in [6, 6.07) is 9.16. The fraction of sp³-hybridized carbons (Fsp3) is 0.500. The Morgan fingerprint density at radius 3 is 2.63 bits per heavy atom. The minimum atomic E-state index is 0.0176. The van der Waals surface area contributed by atoms with Crippen molar-refractivity contribution in [2.75, 3.05) is 19.8 Å². The maximum atomic E-state index is 11.7. The predicted molar refractivity (Wildman–Crippen MR) is 74.1 cm³/mol. The van der Waals surface area contributed by atoms with Crippen molar-refractivity contribution >= 4 is 5.78 Å². The maximum Gasteiger partial charge on any atom is 0.188 e. The Hall–Kier alpha value is -1.84. The molecule has 0 bridgehead atoms. The molecule has 0 unspecified atom stereocenters. The van der Waals surface area contributed by atoms with Crippen LogP contribution < -0.4 is 0 Å². The lowest BCUT2D eigenvalue weighted by Crippen LogP contribution is -2.09. The monoisotopic (exact) mass is 261 g/mol. The van der Waals surface area contributed by atoms with E-state index in [0.29, 0.717) is 18.7 Å². The highest BCUT2D eigenvalue weighted by molar-refractivity contribution is 5.96. The van der Waals surface area contributed by atoms with Crippen molar-refractivity contribution in [3.63, 3.8) is 0 Å². The number of benzene rings is 1. The van der Waals surface area contributed by atoms with Crippen molar-refractivity contribution in [3.8, 4) is 0 Å². The number of Topliss-reactive ketones (excluding diaryl/α,β-unsaturated/α-hetero) is 1. The van der Waals surface area contributed by atoms with E-state index in [2.05, 4.69) is 10.0 Å². The second kappa shape index (κ2) is 10.1. The Labute approximate surface area is 113 Å². The normalized spacial score (nSPS) is 9.89. The van der Waals surface area contributed by atoms with E-state index in [-0.39, 0.29) is 12.4 Å². The van der Waals surface area contributed by atoms with E-state index in [4.69, 9.17) is 10.3 Å². The van der Waals surface area contributed by atoms with Crippen LogP contribution in [0, 0.1) is 0 Å². The van der Waals surface area contributed by atoms with Crippen molar-refractivity contribution in [1.29, 1.82) is 0 Å². The van der Waals surface area contributed by atoms with Gasteiger partial charge in [0.25, 0.3) is 0 Å². The van der Waals surface area contributed by atoms with Gasteiger partial charge in [0.2, 0.25) is 0 Å². The highest BCUT2D eigenvalue weighted by Crippen LogP contribution is 2.03. The van der Waals surface area contributed by atoms with Crippen molar-refractivity contribution in [1.82, 2.24) is 0 Å². The lowest BCUT2D eigenvalue weighted by atomic mass is 10.1. The van der Waals surface area contributed by atoms with Crippen LogP contribution in [0.4, 0.5) is 0 Å². The van der Waals surface area contributed by atoms with E-state index >= 15 is 0 Å². The summed E-state index contributed by atoms with van der Waals surface area (Å²) in [5.41, 5.74) is 8.78. The van der Waals surface area contributed by atoms with Crippen LogP contribution in [-0.2, 0) is 4.74 Å². The van der Waals surface area contributed by atoms with Crippen LogP contribution in [0.2, 0.25) is 0 Å². The summed E-state index contributed by atoms with van der Waals surface area (Å²) >= 11 is 0. The number of rotatable bonds is 10. The average Bonchev–Trinajstić information content (AvgIpc) is 2.46. The Balaban J connectivity index is 1.99. The number of ketones is 1. The van der Waals surface area contributed by atoms with Crippen LogP contribution in [0.25, 0.3) is 10.4 Å². The van der Waals surface area contributed by atoms with Crippen molar-refractivity contribution in [3.05, 3.63) is 46.3 Å². The molecule has 0 amide bonds. The average molecular weight is 261 g/mol. The summed E-state index contributed by atoms with van der Waals surface area (Å²) in [5.74, 6) is 0.0176. The molecule has 0 saturated heterocycles. The first kappa shape index (κ1) is 15.2. The number of hydrogen-bond acceptors (Lipinski definition) is 3. The van der Waals surface area contributed by atoms with Gasteiger partial charge in [0.1, 0.15) is 6.61 Å². The Kier molecular flexibility index (Phi) is 8.10. The van der Waals surface area contributed by atoms with Gasteiger partial charge in [-0.3, -0.25) is 4.79 Å². The fourth-order valence-electron chi connectivity index (χ4n) is 1.66. The zero-order chi connectivity index (χ0) is 13.8. The van der Waals surface area contributed by atoms with Gasteiger partial charge in [-0.05, 0) is 18.4 Å². The number of unbranched alkanes of at least 4 members (excludes halogenated alkanes) is 3. The molecule has 0 aliphatic heterocycles. The summed E-state index contributed by atoms with van der Waals surface area (Å²) in [4.78, 5) is 14.4. The van der Waals surface area contributed by atoms with Gasteiger partial charge < -0.3 is 4.74 Å². The zero-order valence-electron chi connectivity index (χ0n) is 11.0. The van der Waals surface area contributed by atoms with Crippen LogP contribution >= 0.6 is 0 Å². The van der Waals surface area contributed by atoms with Gasteiger partial charge in [0, 0.05) is 23.6 Å². The second-order valence-electron chi connectivity index (χ2n) is 4.21. The van der Waals surface area contributed by atoms with Crippen molar-refractivity contribution in [2.45, 2.75) is 25.7 Å². The summed E-state index contributed by atoms with van der Waals surface area (Å²) in [7, 11) is 0. The Morgan fingerprint density at radius 2 is 1.89 bits per heavy atom. The van der Waals surface area contributed by atoms with Gasteiger partial charge in [0.05, 0.1) is 0 Å². The molecule has 102 valence electrons. The molecule has 0 atom stereocenters. The molecule has 1 aromatic rings. The SMILES string of the molecule is [N-]=[N+]=NCCCCCCOCC(=O)c1ccccc1. The molecule has 0 aliphatic rings. The van der Waals surface area contributed by atoms with Gasteiger partial charge >= 0.3 is 0 Å². The number of nitrogens with zero attached hydrogens (tertiary/aromatic N) is 3. The van der Waals surface area contributed by atoms with E-state index in [0.717, 1.165) is 25.7 Å². The maximum absolute atomic E-state index is 11.7. The number of azide groups is 1. The molecular weight excluding hydrogens is 242 g/mol. The molecular formula is C14H19N3O2. The van der Waals surface area contributed by atoms with Gasteiger partial charge in [-0.25, -0.2) is 0 Å². The largest absolute Gasteiger partial charge is 0.373 e. The first-order chi connectivity index (χ1) is 9.34. The highest BCUT2D eigenvalue weighted by Gasteiger charge is 2.04. The summed E-state index contributed by atoms with van der Waals surface area (Å²) < 4.78 is 5.35. The van der Waals surface area contributed by atoms with Gasteiger partial charge in [-0.15, -0.1) is 0 Å². The third kappa shape index (κ3) is 7.24. The molecule has 0 saturated carbocycles. The summed E-state index contributed by atoms with van der Waals surface area (Å²) in [6.45, 7) is 1.30. The summed E-state index contributed by atoms with van der Waals surface area (Å²) in [5, 5.41) is 3.47. The van der Waals surface area contributed by atoms with E-state index in [1.165, 1.54) is 0 Å². The topological polar surface area (TPSA) is 75.1 Å². The standard InChI is InChI=1S/C14H19N3O2/c15-17-16-10-6-1-2-7-11-19-12-14(18)13-8-4-3-5-9-13/h3-5,8-9H,1-2,6-7,10-12H2. The lowest BCUT2D eigenvalue weighted by Gasteiger charge is -2.03. The first-order valence-corrected chi connectivity index (χ1v) is 6.51. The quantitative estimate of drug-likeness (QED) is 0.211.